The number of aromatic nitrogens is 2. The van der Waals surface area contributed by atoms with Crippen LogP contribution in [0.4, 0.5) is 0 Å². The molecule has 2 heterocycles. The summed E-state index contributed by atoms with van der Waals surface area (Å²) in [6.07, 6.45) is 4.73. The Morgan fingerprint density at radius 2 is 2.19 bits per heavy atom. The Balaban J connectivity index is 0.00000243. The largest absolute Gasteiger partial charge is 0.387 e. The van der Waals surface area contributed by atoms with Crippen molar-refractivity contribution in [3.63, 3.8) is 0 Å². The van der Waals surface area contributed by atoms with E-state index in [1.807, 2.05) is 59.4 Å². The Morgan fingerprint density at radius 3 is 2.85 bits per heavy atom. The normalized spacial score (nSPS) is 19.9. The lowest BCUT2D eigenvalue weighted by molar-refractivity contribution is 0.0718. The first-order chi connectivity index (χ1) is 12.1. The zero-order chi connectivity index (χ0) is 17.7. The molecule has 0 spiro atoms. The van der Waals surface area contributed by atoms with Gasteiger partial charge >= 0.3 is 0 Å². The summed E-state index contributed by atoms with van der Waals surface area (Å²) < 4.78 is 1.87. The lowest BCUT2D eigenvalue weighted by Gasteiger charge is -2.26. The first-order valence-electron chi connectivity index (χ1n) is 8.40. The maximum Gasteiger partial charge on any atom is 0.193 e. The van der Waals surface area contributed by atoms with Gasteiger partial charge in [-0.05, 0) is 24.3 Å². The highest BCUT2D eigenvalue weighted by Gasteiger charge is 2.31. The number of nitrogens with zero attached hydrogens (tertiary/aromatic N) is 4. The van der Waals surface area contributed by atoms with Gasteiger partial charge < -0.3 is 15.3 Å². The number of nitrogens with one attached hydrogen (secondary N) is 1. The topological polar surface area (TPSA) is 65.7 Å². The van der Waals surface area contributed by atoms with Crippen LogP contribution in [0.25, 0.3) is 5.69 Å². The third-order valence-corrected chi connectivity index (χ3v) is 5.54. The highest BCUT2D eigenvalue weighted by Crippen LogP contribution is 2.27. The van der Waals surface area contributed by atoms with Crippen LogP contribution >= 0.6 is 35.7 Å². The summed E-state index contributed by atoms with van der Waals surface area (Å²) in [4.78, 5) is 6.37. The third-order valence-electron chi connectivity index (χ3n) is 4.31. The van der Waals surface area contributed by atoms with Crippen molar-refractivity contribution in [1.82, 2.24) is 20.0 Å². The number of thioether (sulfide) groups is 1. The van der Waals surface area contributed by atoms with Crippen molar-refractivity contribution >= 4 is 41.7 Å². The van der Waals surface area contributed by atoms with Crippen molar-refractivity contribution in [2.75, 3.05) is 32.1 Å². The van der Waals surface area contributed by atoms with Gasteiger partial charge in [0.25, 0.3) is 0 Å². The standard InChI is InChI=1S/C18H25N5OS.HI/c1-19-17(20-13-18(24)8-9-25-14-18)22(2)11-15-10-21-23(12-15)16-6-4-3-5-7-16;/h3-7,10,12,24H,8-9,11,13-14H2,1-2H3,(H,19,20);1H. The second kappa shape index (κ2) is 9.61. The van der Waals surface area contributed by atoms with Crippen LogP contribution in [-0.4, -0.2) is 63.5 Å². The molecule has 1 unspecified atom stereocenters. The molecular weight excluding hydrogens is 461 g/mol. The monoisotopic (exact) mass is 487 g/mol. The van der Waals surface area contributed by atoms with Crippen molar-refractivity contribution in [2.24, 2.45) is 4.99 Å². The van der Waals surface area contributed by atoms with E-state index in [1.165, 1.54) is 0 Å². The summed E-state index contributed by atoms with van der Waals surface area (Å²) in [6.45, 7) is 1.22. The Kier molecular flexibility index (Phi) is 7.78. The number of guanidine groups is 1. The van der Waals surface area contributed by atoms with Crippen LogP contribution in [0.2, 0.25) is 0 Å². The van der Waals surface area contributed by atoms with E-state index in [1.54, 1.807) is 18.8 Å². The second-order valence-electron chi connectivity index (χ2n) is 6.41. The summed E-state index contributed by atoms with van der Waals surface area (Å²) in [6, 6.07) is 10.1. The van der Waals surface area contributed by atoms with Gasteiger partial charge in [0.15, 0.2) is 5.96 Å². The van der Waals surface area contributed by atoms with Crippen molar-refractivity contribution in [3.8, 4) is 5.69 Å². The minimum atomic E-state index is -0.625. The summed E-state index contributed by atoms with van der Waals surface area (Å²) in [5.41, 5.74) is 1.52. The Bertz CT molecular complexity index is 715. The van der Waals surface area contributed by atoms with Crippen LogP contribution < -0.4 is 5.32 Å². The number of hydrogen-bond donors (Lipinski definition) is 2. The molecule has 1 atom stereocenters. The molecule has 142 valence electrons. The summed E-state index contributed by atoms with van der Waals surface area (Å²) in [7, 11) is 3.75. The average molecular weight is 487 g/mol. The van der Waals surface area contributed by atoms with Gasteiger partial charge in [-0.25, -0.2) is 4.68 Å². The van der Waals surface area contributed by atoms with Gasteiger partial charge in [0.1, 0.15) is 0 Å². The van der Waals surface area contributed by atoms with Gasteiger partial charge in [-0.3, -0.25) is 4.99 Å². The van der Waals surface area contributed by atoms with Crippen LogP contribution in [0.15, 0.2) is 47.7 Å². The van der Waals surface area contributed by atoms with E-state index in [0.29, 0.717) is 13.1 Å². The van der Waals surface area contributed by atoms with Crippen molar-refractivity contribution in [2.45, 2.75) is 18.6 Å². The van der Waals surface area contributed by atoms with Gasteiger partial charge in [0, 0.05) is 44.7 Å². The molecule has 0 saturated carbocycles. The molecule has 0 amide bonds. The number of rotatable bonds is 5. The summed E-state index contributed by atoms with van der Waals surface area (Å²) >= 11 is 1.80. The smallest absolute Gasteiger partial charge is 0.193 e. The molecule has 0 bridgehead atoms. The number of aliphatic imine (C=N–C) groups is 1. The zero-order valence-corrected chi connectivity index (χ0v) is 18.3. The van der Waals surface area contributed by atoms with E-state index in [9.17, 15) is 5.11 Å². The number of halogens is 1. The van der Waals surface area contributed by atoms with E-state index >= 15 is 0 Å². The van der Waals surface area contributed by atoms with E-state index in [4.69, 9.17) is 0 Å². The first kappa shape index (κ1) is 21.0. The van der Waals surface area contributed by atoms with Gasteiger partial charge in [-0.15, -0.1) is 24.0 Å². The fraction of sp³-hybridized carbons (Fsp3) is 0.444. The molecule has 0 radical (unpaired) electrons. The van der Waals surface area contributed by atoms with Gasteiger partial charge in [0.05, 0.1) is 17.5 Å². The number of aliphatic hydroxyl groups is 1. The fourth-order valence-corrected chi connectivity index (χ4v) is 4.17. The van der Waals surface area contributed by atoms with E-state index in [2.05, 4.69) is 15.4 Å². The minimum Gasteiger partial charge on any atom is -0.387 e. The molecular formula is C18H26IN5OS. The van der Waals surface area contributed by atoms with Gasteiger partial charge in [0.2, 0.25) is 0 Å². The number of hydrogen-bond acceptors (Lipinski definition) is 4. The van der Waals surface area contributed by atoms with Gasteiger partial charge in [-0.1, -0.05) is 18.2 Å². The maximum absolute atomic E-state index is 10.5. The lowest BCUT2D eigenvalue weighted by Crippen LogP contribution is -2.47. The van der Waals surface area contributed by atoms with Crippen molar-refractivity contribution in [3.05, 3.63) is 48.3 Å². The molecule has 2 aromatic rings. The molecule has 0 aliphatic carbocycles. The minimum absolute atomic E-state index is 0. The van der Waals surface area contributed by atoms with Crippen molar-refractivity contribution < 1.29 is 5.11 Å². The highest BCUT2D eigenvalue weighted by atomic mass is 127. The molecule has 1 aliphatic rings. The molecule has 26 heavy (non-hydrogen) atoms. The van der Waals surface area contributed by atoms with E-state index in [0.717, 1.165) is 35.1 Å². The average Bonchev–Trinajstić information content (AvgIpc) is 3.26. The van der Waals surface area contributed by atoms with E-state index < -0.39 is 5.60 Å². The van der Waals surface area contributed by atoms with Crippen LogP contribution in [0.1, 0.15) is 12.0 Å². The molecule has 2 N–H and O–H groups in total. The van der Waals surface area contributed by atoms with Crippen LogP contribution in [0, 0.1) is 0 Å². The Labute approximate surface area is 176 Å². The van der Waals surface area contributed by atoms with E-state index in [-0.39, 0.29) is 24.0 Å². The molecule has 8 heteroatoms. The van der Waals surface area contributed by atoms with Crippen molar-refractivity contribution in [1.29, 1.82) is 0 Å². The number of para-hydroxylation sites is 1. The summed E-state index contributed by atoms with van der Waals surface area (Å²) in [5.74, 6) is 2.58. The maximum atomic E-state index is 10.5. The Morgan fingerprint density at radius 1 is 1.42 bits per heavy atom. The first-order valence-corrected chi connectivity index (χ1v) is 9.56. The molecule has 1 aromatic heterocycles. The fourth-order valence-electron chi connectivity index (χ4n) is 2.88. The molecule has 1 aliphatic heterocycles. The third kappa shape index (κ3) is 5.37. The molecule has 3 rings (SSSR count). The number of benzene rings is 1. The quantitative estimate of drug-likeness (QED) is 0.385. The Hall–Kier alpha value is -1.26. The highest BCUT2D eigenvalue weighted by molar-refractivity contribution is 14.0. The van der Waals surface area contributed by atoms with Gasteiger partial charge in [-0.2, -0.15) is 16.9 Å². The van der Waals surface area contributed by atoms with Crippen LogP contribution in [0.3, 0.4) is 0 Å². The zero-order valence-electron chi connectivity index (χ0n) is 15.1. The lowest BCUT2D eigenvalue weighted by atomic mass is 10.0. The second-order valence-corrected chi connectivity index (χ2v) is 7.52. The molecule has 6 nitrogen and oxygen atoms in total. The molecule has 1 fully saturated rings. The predicted octanol–water partition coefficient (Wildman–Crippen LogP) is 2.37. The van der Waals surface area contributed by atoms with Crippen LogP contribution in [0.5, 0.6) is 0 Å². The van der Waals surface area contributed by atoms with Crippen LogP contribution in [-0.2, 0) is 6.54 Å². The SMILES string of the molecule is CN=C(NCC1(O)CCSC1)N(C)Cc1cnn(-c2ccccc2)c1.I. The predicted molar refractivity (Wildman–Crippen MR) is 119 cm³/mol. The summed E-state index contributed by atoms with van der Waals surface area (Å²) in [5, 5.41) is 18.2. The molecule has 1 saturated heterocycles. The molecule has 1 aromatic carbocycles.